The molecule has 1 aromatic rings. The molecule has 0 amide bonds. The van der Waals surface area contributed by atoms with Crippen molar-refractivity contribution < 1.29 is 0 Å². The maximum absolute atomic E-state index is 2.55. The van der Waals surface area contributed by atoms with E-state index in [1.807, 2.05) is 0 Å². The van der Waals surface area contributed by atoms with Crippen LogP contribution in [0.5, 0.6) is 0 Å². The third kappa shape index (κ3) is 1.56. The van der Waals surface area contributed by atoms with Crippen LogP contribution in [0.15, 0.2) is 24.3 Å². The van der Waals surface area contributed by atoms with E-state index in [0.29, 0.717) is 0 Å². The second-order valence-electron chi connectivity index (χ2n) is 4.50. The van der Waals surface area contributed by atoms with E-state index in [1.165, 1.54) is 49.2 Å². The predicted octanol–water partition coefficient (Wildman–Crippen LogP) is 3.25. The summed E-state index contributed by atoms with van der Waals surface area (Å²) in [5, 5.41) is 0. The summed E-state index contributed by atoms with van der Waals surface area (Å²) in [5.41, 5.74) is 4.43. The highest BCUT2D eigenvalue weighted by molar-refractivity contribution is 5.74. The summed E-state index contributed by atoms with van der Waals surface area (Å²) in [6.07, 6.45) is 9.80. The Morgan fingerprint density at radius 1 is 1.00 bits per heavy atom. The van der Waals surface area contributed by atoms with Crippen LogP contribution in [0.2, 0.25) is 0 Å². The Morgan fingerprint density at radius 2 is 1.87 bits per heavy atom. The summed E-state index contributed by atoms with van der Waals surface area (Å²) in [6, 6.07) is 6.73. The quantitative estimate of drug-likeness (QED) is 0.671. The fourth-order valence-electron chi connectivity index (χ4n) is 2.68. The number of hydrogen-bond acceptors (Lipinski definition) is 1. The highest BCUT2D eigenvalue weighted by Crippen LogP contribution is 2.31. The summed E-state index contributed by atoms with van der Waals surface area (Å²) < 4.78 is 0. The van der Waals surface area contributed by atoms with Crippen LogP contribution in [0, 0.1) is 0 Å². The molecule has 1 heteroatoms. The molecule has 1 fully saturated rings. The summed E-state index contributed by atoms with van der Waals surface area (Å²) in [5.74, 6) is 0. The molecule has 0 aromatic heterocycles. The molecule has 1 aromatic carbocycles. The summed E-state index contributed by atoms with van der Waals surface area (Å²) >= 11 is 0. The zero-order valence-electron chi connectivity index (χ0n) is 9.08. The van der Waals surface area contributed by atoms with Crippen LogP contribution in [-0.2, 0) is 6.42 Å². The normalized spacial score (nSPS) is 19.3. The molecule has 1 aliphatic heterocycles. The minimum atomic E-state index is 1.12. The van der Waals surface area contributed by atoms with Crippen LogP contribution < -0.4 is 4.90 Å². The van der Waals surface area contributed by atoms with Crippen molar-refractivity contribution in [3.63, 3.8) is 0 Å². The lowest BCUT2D eigenvalue weighted by atomic mass is 10.0. The van der Waals surface area contributed by atoms with Gasteiger partial charge in [-0.05, 0) is 37.3 Å². The van der Waals surface area contributed by atoms with Crippen molar-refractivity contribution >= 4 is 11.8 Å². The lowest BCUT2D eigenvalue weighted by molar-refractivity contribution is 0.577. The molecule has 1 nitrogen and oxygen atoms in total. The Morgan fingerprint density at radius 3 is 2.73 bits per heavy atom. The van der Waals surface area contributed by atoms with Crippen LogP contribution in [0.3, 0.4) is 0 Å². The highest BCUT2D eigenvalue weighted by atomic mass is 15.1. The first kappa shape index (κ1) is 9.02. The van der Waals surface area contributed by atoms with Gasteiger partial charge in [0.2, 0.25) is 0 Å². The first-order valence-corrected chi connectivity index (χ1v) is 5.98. The van der Waals surface area contributed by atoms with Gasteiger partial charge in [-0.25, -0.2) is 0 Å². The highest BCUT2D eigenvalue weighted by Gasteiger charge is 2.16. The monoisotopic (exact) mass is 199 g/mol. The first-order valence-electron chi connectivity index (χ1n) is 5.98. The van der Waals surface area contributed by atoms with Gasteiger partial charge in [0.15, 0.2) is 0 Å². The molecule has 1 aliphatic carbocycles. The number of rotatable bonds is 1. The van der Waals surface area contributed by atoms with Crippen molar-refractivity contribution in [1.29, 1.82) is 0 Å². The van der Waals surface area contributed by atoms with Crippen LogP contribution >= 0.6 is 0 Å². The molecule has 0 unspecified atom stereocenters. The molecule has 15 heavy (non-hydrogen) atoms. The van der Waals surface area contributed by atoms with Gasteiger partial charge in [-0.1, -0.05) is 24.3 Å². The topological polar surface area (TPSA) is 3.24 Å². The fraction of sp³-hybridized carbons (Fsp3) is 0.429. The molecule has 0 radical (unpaired) electrons. The largest absolute Gasteiger partial charge is 0.371 e. The number of anilines is 1. The standard InChI is InChI=1S/C14H17N/c1-2-10-15(11-3-1)14-9-5-7-12-6-4-8-13(12)14/h4-5,7-9H,1-3,6,10-11H2. The molecule has 1 heterocycles. The summed E-state index contributed by atoms with van der Waals surface area (Å²) in [4.78, 5) is 2.55. The Balaban J connectivity index is 1.96. The molecule has 2 aliphatic rings. The molecular weight excluding hydrogens is 182 g/mol. The second-order valence-corrected chi connectivity index (χ2v) is 4.50. The van der Waals surface area contributed by atoms with E-state index in [4.69, 9.17) is 0 Å². The van der Waals surface area contributed by atoms with Crippen LogP contribution in [0.1, 0.15) is 30.4 Å². The van der Waals surface area contributed by atoms with E-state index < -0.39 is 0 Å². The van der Waals surface area contributed by atoms with E-state index in [2.05, 4.69) is 35.3 Å². The molecule has 3 rings (SSSR count). The Bertz CT molecular complexity index is 386. The van der Waals surface area contributed by atoms with E-state index in [-0.39, 0.29) is 0 Å². The number of hydrogen-bond donors (Lipinski definition) is 0. The number of nitrogens with zero attached hydrogens (tertiary/aromatic N) is 1. The van der Waals surface area contributed by atoms with Gasteiger partial charge < -0.3 is 4.90 Å². The van der Waals surface area contributed by atoms with Crippen molar-refractivity contribution in [3.05, 3.63) is 35.4 Å². The lowest BCUT2D eigenvalue weighted by Gasteiger charge is -2.30. The van der Waals surface area contributed by atoms with Crippen LogP contribution in [-0.4, -0.2) is 13.1 Å². The van der Waals surface area contributed by atoms with Crippen molar-refractivity contribution in [1.82, 2.24) is 0 Å². The van der Waals surface area contributed by atoms with E-state index in [9.17, 15) is 0 Å². The predicted molar refractivity (Wildman–Crippen MR) is 65.2 cm³/mol. The first-order chi connectivity index (χ1) is 7.45. The van der Waals surface area contributed by atoms with Gasteiger partial charge in [0.25, 0.3) is 0 Å². The number of piperidine rings is 1. The van der Waals surface area contributed by atoms with Crippen molar-refractivity contribution in [2.24, 2.45) is 0 Å². The number of fused-ring (bicyclic) bond motifs is 1. The lowest BCUT2D eigenvalue weighted by Crippen LogP contribution is -2.29. The van der Waals surface area contributed by atoms with Crippen molar-refractivity contribution in [3.8, 4) is 0 Å². The Kier molecular flexibility index (Phi) is 2.24. The molecule has 0 atom stereocenters. The van der Waals surface area contributed by atoms with Gasteiger partial charge in [-0.15, -0.1) is 0 Å². The van der Waals surface area contributed by atoms with E-state index >= 15 is 0 Å². The molecule has 1 saturated heterocycles. The second kappa shape index (κ2) is 3.73. The Labute approximate surface area is 91.4 Å². The van der Waals surface area contributed by atoms with Gasteiger partial charge >= 0.3 is 0 Å². The third-order valence-electron chi connectivity index (χ3n) is 3.49. The minimum Gasteiger partial charge on any atom is -0.371 e. The van der Waals surface area contributed by atoms with Gasteiger partial charge in [-0.2, -0.15) is 0 Å². The number of benzene rings is 1. The van der Waals surface area contributed by atoms with Crippen LogP contribution in [0.25, 0.3) is 6.08 Å². The van der Waals surface area contributed by atoms with Gasteiger partial charge in [0, 0.05) is 24.3 Å². The molecule has 0 saturated carbocycles. The van der Waals surface area contributed by atoms with Gasteiger partial charge in [0.05, 0.1) is 0 Å². The average Bonchev–Trinajstić information content (AvgIpc) is 2.78. The van der Waals surface area contributed by atoms with Crippen molar-refractivity contribution in [2.75, 3.05) is 18.0 Å². The summed E-state index contributed by atoms with van der Waals surface area (Å²) in [6.45, 7) is 2.48. The van der Waals surface area contributed by atoms with Gasteiger partial charge in [0.1, 0.15) is 0 Å². The molecule has 0 bridgehead atoms. The number of allylic oxidation sites excluding steroid dienone is 1. The zero-order valence-corrected chi connectivity index (χ0v) is 9.08. The van der Waals surface area contributed by atoms with Gasteiger partial charge in [-0.3, -0.25) is 0 Å². The maximum atomic E-state index is 2.55. The van der Waals surface area contributed by atoms with Crippen LogP contribution in [0.4, 0.5) is 5.69 Å². The SMILES string of the molecule is C1=Cc2c(cccc2N2CCCCC2)C1. The third-order valence-corrected chi connectivity index (χ3v) is 3.49. The molecule has 78 valence electrons. The fourth-order valence-corrected chi connectivity index (χ4v) is 2.68. The Hall–Kier alpha value is -1.24. The van der Waals surface area contributed by atoms with Crippen molar-refractivity contribution in [2.45, 2.75) is 25.7 Å². The molecule has 0 N–H and O–H groups in total. The van der Waals surface area contributed by atoms with E-state index in [1.54, 1.807) is 0 Å². The smallest absolute Gasteiger partial charge is 0.0442 e. The van der Waals surface area contributed by atoms with E-state index in [0.717, 1.165) is 6.42 Å². The summed E-state index contributed by atoms with van der Waals surface area (Å²) in [7, 11) is 0. The minimum absolute atomic E-state index is 1.12. The molecular formula is C14H17N. The average molecular weight is 199 g/mol. The molecule has 0 spiro atoms. The zero-order chi connectivity index (χ0) is 10.1. The maximum Gasteiger partial charge on any atom is 0.0442 e.